The summed E-state index contributed by atoms with van der Waals surface area (Å²) in [6.07, 6.45) is 0. The molecule has 2 aromatic carbocycles. The molecule has 0 bridgehead atoms. The van der Waals surface area contributed by atoms with Crippen molar-refractivity contribution in [2.24, 2.45) is 5.73 Å². The SMILES string of the molecule is CC(C)(C(=O)NCC(=O)c1ccc(C(N)=O)cc1)c1ccc(Cl)cc1. The zero-order chi connectivity index (χ0) is 18.6. The molecule has 0 unspecified atom stereocenters. The first-order valence-corrected chi connectivity index (χ1v) is 8.07. The van der Waals surface area contributed by atoms with Crippen molar-refractivity contribution in [1.82, 2.24) is 5.32 Å². The van der Waals surface area contributed by atoms with Gasteiger partial charge < -0.3 is 11.1 Å². The van der Waals surface area contributed by atoms with Crippen LogP contribution in [0.5, 0.6) is 0 Å². The van der Waals surface area contributed by atoms with Crippen molar-refractivity contribution in [3.63, 3.8) is 0 Å². The molecule has 0 aliphatic heterocycles. The molecule has 0 aliphatic rings. The van der Waals surface area contributed by atoms with E-state index in [4.69, 9.17) is 17.3 Å². The predicted octanol–water partition coefficient (Wildman–Crippen LogP) is 2.72. The number of ketones is 1. The minimum absolute atomic E-state index is 0.133. The summed E-state index contributed by atoms with van der Waals surface area (Å²) in [5, 5.41) is 3.25. The van der Waals surface area contributed by atoms with Gasteiger partial charge in [-0.15, -0.1) is 0 Å². The second-order valence-corrected chi connectivity index (χ2v) is 6.62. The van der Waals surface area contributed by atoms with Crippen LogP contribution in [0.3, 0.4) is 0 Å². The van der Waals surface area contributed by atoms with E-state index in [0.717, 1.165) is 5.56 Å². The van der Waals surface area contributed by atoms with Gasteiger partial charge in [-0.3, -0.25) is 14.4 Å². The van der Waals surface area contributed by atoms with Crippen LogP contribution < -0.4 is 11.1 Å². The molecule has 25 heavy (non-hydrogen) atoms. The van der Waals surface area contributed by atoms with Crippen LogP contribution in [0.4, 0.5) is 0 Å². The van der Waals surface area contributed by atoms with Gasteiger partial charge >= 0.3 is 0 Å². The van der Waals surface area contributed by atoms with E-state index < -0.39 is 11.3 Å². The number of rotatable bonds is 6. The van der Waals surface area contributed by atoms with E-state index in [1.54, 1.807) is 38.1 Å². The van der Waals surface area contributed by atoms with Gasteiger partial charge in [0.05, 0.1) is 12.0 Å². The molecule has 0 radical (unpaired) electrons. The van der Waals surface area contributed by atoms with Crippen molar-refractivity contribution < 1.29 is 14.4 Å². The lowest BCUT2D eigenvalue weighted by Crippen LogP contribution is -2.42. The fraction of sp³-hybridized carbons (Fsp3) is 0.211. The highest BCUT2D eigenvalue weighted by Gasteiger charge is 2.29. The number of benzene rings is 2. The first-order valence-electron chi connectivity index (χ1n) is 7.69. The van der Waals surface area contributed by atoms with Crippen LogP contribution in [0, 0.1) is 0 Å². The van der Waals surface area contributed by atoms with Gasteiger partial charge in [0.1, 0.15) is 0 Å². The summed E-state index contributed by atoms with van der Waals surface area (Å²) in [6.45, 7) is 3.42. The number of carbonyl (C=O) groups is 3. The normalized spacial score (nSPS) is 11.0. The number of amides is 2. The van der Waals surface area contributed by atoms with Gasteiger partial charge in [0.15, 0.2) is 5.78 Å². The molecular weight excluding hydrogens is 340 g/mol. The molecule has 2 amide bonds. The van der Waals surface area contributed by atoms with Crippen molar-refractivity contribution in [2.75, 3.05) is 6.54 Å². The van der Waals surface area contributed by atoms with Crippen molar-refractivity contribution in [3.8, 4) is 0 Å². The Bertz CT molecular complexity index is 796. The topological polar surface area (TPSA) is 89.3 Å². The van der Waals surface area contributed by atoms with Crippen molar-refractivity contribution in [2.45, 2.75) is 19.3 Å². The molecule has 0 atom stereocenters. The molecule has 0 aromatic heterocycles. The largest absolute Gasteiger partial charge is 0.366 e. The summed E-state index contributed by atoms with van der Waals surface area (Å²) in [6, 6.07) is 13.0. The molecule has 130 valence electrons. The van der Waals surface area contributed by atoms with Crippen molar-refractivity contribution in [1.29, 1.82) is 0 Å². The Balaban J connectivity index is 2.01. The fourth-order valence-electron chi connectivity index (χ4n) is 2.30. The molecule has 0 saturated carbocycles. The van der Waals surface area contributed by atoms with Gasteiger partial charge in [-0.2, -0.15) is 0 Å². The highest BCUT2D eigenvalue weighted by atomic mass is 35.5. The molecule has 5 nitrogen and oxygen atoms in total. The zero-order valence-corrected chi connectivity index (χ0v) is 14.8. The van der Waals surface area contributed by atoms with Crippen molar-refractivity contribution in [3.05, 3.63) is 70.2 Å². The lowest BCUT2D eigenvalue weighted by molar-refractivity contribution is -0.125. The van der Waals surface area contributed by atoms with Crippen LogP contribution in [-0.2, 0) is 10.2 Å². The highest BCUT2D eigenvalue weighted by Crippen LogP contribution is 2.24. The van der Waals surface area contributed by atoms with Gasteiger partial charge in [0.25, 0.3) is 0 Å². The third-order valence-electron chi connectivity index (χ3n) is 4.03. The summed E-state index contributed by atoms with van der Waals surface area (Å²) in [4.78, 5) is 35.7. The summed E-state index contributed by atoms with van der Waals surface area (Å²) < 4.78 is 0. The Kier molecular flexibility index (Phi) is 5.59. The van der Waals surface area contributed by atoms with Crippen LogP contribution in [-0.4, -0.2) is 24.1 Å². The van der Waals surface area contributed by atoms with Crippen LogP contribution in [0.1, 0.15) is 40.1 Å². The minimum atomic E-state index is -0.805. The van der Waals surface area contributed by atoms with Gasteiger partial charge in [0.2, 0.25) is 11.8 Å². The predicted molar refractivity (Wildman–Crippen MR) is 96.8 cm³/mol. The molecule has 0 fully saturated rings. The van der Waals surface area contributed by atoms with Crippen molar-refractivity contribution >= 4 is 29.2 Å². The molecular formula is C19H19ClN2O3. The van der Waals surface area contributed by atoms with E-state index in [9.17, 15) is 14.4 Å². The molecule has 0 aliphatic carbocycles. The molecule has 2 aromatic rings. The van der Waals surface area contributed by atoms with Crippen LogP contribution >= 0.6 is 11.6 Å². The second kappa shape index (κ2) is 7.49. The first kappa shape index (κ1) is 18.7. The number of carbonyl (C=O) groups excluding carboxylic acids is 3. The molecule has 6 heteroatoms. The van der Waals surface area contributed by atoms with E-state index in [-0.39, 0.29) is 18.2 Å². The summed E-state index contributed by atoms with van der Waals surface area (Å²) >= 11 is 5.87. The molecule has 0 saturated heterocycles. The van der Waals surface area contributed by atoms with Gasteiger partial charge in [0, 0.05) is 16.1 Å². The molecule has 3 N–H and O–H groups in total. The van der Waals surface area contributed by atoms with Gasteiger partial charge in [-0.05, 0) is 43.7 Å². The smallest absolute Gasteiger partial charge is 0.248 e. The highest BCUT2D eigenvalue weighted by molar-refractivity contribution is 6.30. The Morgan fingerprint density at radius 3 is 2.00 bits per heavy atom. The molecule has 0 heterocycles. The van der Waals surface area contributed by atoms with Crippen LogP contribution in [0.25, 0.3) is 0 Å². The van der Waals surface area contributed by atoms with Crippen LogP contribution in [0.2, 0.25) is 5.02 Å². The number of Topliss-reactive ketones (excluding diaryl/α,β-unsaturated/α-hetero) is 1. The number of hydrogen-bond donors (Lipinski definition) is 2. The lowest BCUT2D eigenvalue weighted by atomic mass is 9.83. The standard InChI is InChI=1S/C19H19ClN2O3/c1-19(2,14-7-9-15(20)10-8-14)18(25)22-11-16(23)12-3-5-13(6-4-12)17(21)24/h3-10H,11H2,1-2H3,(H2,21,24)(H,22,25). The number of hydrogen-bond acceptors (Lipinski definition) is 3. The van der Waals surface area contributed by atoms with E-state index in [0.29, 0.717) is 16.1 Å². The Morgan fingerprint density at radius 2 is 1.48 bits per heavy atom. The number of primary amides is 1. The average molecular weight is 359 g/mol. The Labute approximate surface area is 151 Å². The number of nitrogens with one attached hydrogen (secondary N) is 1. The monoisotopic (exact) mass is 358 g/mol. The van der Waals surface area contributed by atoms with E-state index in [1.165, 1.54) is 24.3 Å². The quantitative estimate of drug-likeness (QED) is 0.778. The van der Waals surface area contributed by atoms with Gasteiger partial charge in [-0.1, -0.05) is 35.9 Å². The Morgan fingerprint density at radius 1 is 0.960 bits per heavy atom. The second-order valence-electron chi connectivity index (χ2n) is 6.18. The van der Waals surface area contributed by atoms with E-state index >= 15 is 0 Å². The summed E-state index contributed by atoms with van der Waals surface area (Å²) in [5.41, 5.74) is 5.88. The molecule has 2 rings (SSSR count). The maximum Gasteiger partial charge on any atom is 0.248 e. The summed E-state index contributed by atoms with van der Waals surface area (Å²) in [7, 11) is 0. The van der Waals surface area contributed by atoms with E-state index in [2.05, 4.69) is 5.32 Å². The summed E-state index contributed by atoms with van der Waals surface area (Å²) in [5.74, 6) is -1.08. The minimum Gasteiger partial charge on any atom is -0.366 e. The maximum atomic E-state index is 12.5. The third kappa shape index (κ3) is 4.45. The first-order chi connectivity index (χ1) is 11.7. The van der Waals surface area contributed by atoms with Crippen LogP contribution in [0.15, 0.2) is 48.5 Å². The lowest BCUT2D eigenvalue weighted by Gasteiger charge is -2.24. The Hall–Kier alpha value is -2.66. The fourth-order valence-corrected chi connectivity index (χ4v) is 2.43. The zero-order valence-electron chi connectivity index (χ0n) is 14.0. The maximum absolute atomic E-state index is 12.5. The number of halogens is 1. The van der Waals surface area contributed by atoms with E-state index in [1.807, 2.05) is 0 Å². The van der Waals surface area contributed by atoms with Gasteiger partial charge in [-0.25, -0.2) is 0 Å². The molecule has 0 spiro atoms. The third-order valence-corrected chi connectivity index (χ3v) is 4.29. The average Bonchev–Trinajstić information content (AvgIpc) is 2.59. The number of nitrogens with two attached hydrogens (primary N) is 1.